The molecule has 1 aromatic rings. The zero-order valence-corrected chi connectivity index (χ0v) is 12.3. The Morgan fingerprint density at radius 2 is 2.00 bits per heavy atom. The van der Waals surface area contributed by atoms with E-state index in [0.29, 0.717) is 11.8 Å². The molecule has 1 rings (SSSR count). The number of ether oxygens (including phenoxy) is 1. The van der Waals surface area contributed by atoms with Gasteiger partial charge in [-0.25, -0.2) is 4.79 Å². The summed E-state index contributed by atoms with van der Waals surface area (Å²) in [6.45, 7) is 8.75. The normalized spacial score (nSPS) is 14.6. The average molecular weight is 267 g/mol. The first-order valence-corrected chi connectivity index (χ1v) is 6.05. The lowest BCUT2D eigenvalue weighted by Crippen LogP contribution is -2.47. The Morgan fingerprint density at radius 3 is 2.37 bits per heavy atom. The molecular weight excluding hydrogens is 246 g/mol. The van der Waals surface area contributed by atoms with Crippen LogP contribution < -0.4 is 5.32 Å². The summed E-state index contributed by atoms with van der Waals surface area (Å²) >= 11 is 0. The van der Waals surface area contributed by atoms with E-state index in [4.69, 9.17) is 4.74 Å². The van der Waals surface area contributed by atoms with Crippen LogP contribution in [0.25, 0.3) is 0 Å². The number of hydrogen-bond donors (Lipinski definition) is 1. The predicted molar refractivity (Wildman–Crippen MR) is 70.7 cm³/mol. The van der Waals surface area contributed by atoms with Gasteiger partial charge in [-0.05, 0) is 34.6 Å². The fraction of sp³-hybridized carbons (Fsp3) is 0.615. The molecule has 6 nitrogen and oxygen atoms in total. The minimum Gasteiger partial charge on any atom is -0.444 e. The zero-order chi connectivity index (χ0) is 14.8. The maximum Gasteiger partial charge on any atom is 0.408 e. The van der Waals surface area contributed by atoms with E-state index in [2.05, 4.69) is 10.4 Å². The Kier molecular flexibility index (Phi) is 4.03. The van der Waals surface area contributed by atoms with Crippen molar-refractivity contribution in [3.05, 3.63) is 17.5 Å². The molecule has 0 aliphatic heterocycles. The Morgan fingerprint density at radius 1 is 1.42 bits per heavy atom. The van der Waals surface area contributed by atoms with Crippen LogP contribution in [0.3, 0.4) is 0 Å². The molecule has 0 aliphatic carbocycles. The van der Waals surface area contributed by atoms with E-state index in [1.165, 1.54) is 0 Å². The van der Waals surface area contributed by atoms with Gasteiger partial charge in [-0.3, -0.25) is 4.68 Å². The van der Waals surface area contributed by atoms with E-state index in [1.807, 2.05) is 6.92 Å². The Labute approximate surface area is 113 Å². The van der Waals surface area contributed by atoms with Gasteiger partial charge in [0.1, 0.15) is 17.4 Å². The summed E-state index contributed by atoms with van der Waals surface area (Å²) in [5.74, 6) is 0. The molecular formula is C13H21N3O3. The molecule has 0 spiro atoms. The van der Waals surface area contributed by atoms with Crippen molar-refractivity contribution < 1.29 is 14.3 Å². The summed E-state index contributed by atoms with van der Waals surface area (Å²) in [6, 6.07) is 0. The Bertz CT molecular complexity index is 488. The monoisotopic (exact) mass is 267 g/mol. The average Bonchev–Trinajstić information content (AvgIpc) is 2.57. The second kappa shape index (κ2) is 5.03. The quantitative estimate of drug-likeness (QED) is 0.845. The van der Waals surface area contributed by atoms with E-state index in [0.717, 1.165) is 5.69 Å². The van der Waals surface area contributed by atoms with Gasteiger partial charge >= 0.3 is 6.09 Å². The zero-order valence-electron chi connectivity index (χ0n) is 12.3. The third-order valence-corrected chi connectivity index (χ3v) is 2.79. The standard InChI is InChI=1S/C13H21N3O3/c1-9-10(7-14-16(9)6)13(5,8-17)15-11(18)19-12(2,3)4/h7-8H,1-6H3,(H,15,18). The van der Waals surface area contributed by atoms with Crippen molar-refractivity contribution in [2.45, 2.75) is 45.8 Å². The Hall–Kier alpha value is -1.85. The topological polar surface area (TPSA) is 73.2 Å². The molecule has 1 heterocycles. The molecule has 1 unspecified atom stereocenters. The number of carbonyl (C=O) groups excluding carboxylic acids is 2. The summed E-state index contributed by atoms with van der Waals surface area (Å²) in [7, 11) is 1.78. The third-order valence-electron chi connectivity index (χ3n) is 2.79. The second-order valence-electron chi connectivity index (χ2n) is 5.71. The lowest BCUT2D eigenvalue weighted by molar-refractivity contribution is -0.113. The highest BCUT2D eigenvalue weighted by molar-refractivity contribution is 5.78. The maximum absolute atomic E-state index is 11.8. The molecule has 0 radical (unpaired) electrons. The van der Waals surface area contributed by atoms with E-state index in [1.54, 1.807) is 45.6 Å². The number of rotatable bonds is 3. The number of alkyl carbamates (subject to hydrolysis) is 1. The largest absolute Gasteiger partial charge is 0.444 e. The van der Waals surface area contributed by atoms with Crippen molar-refractivity contribution in [3.63, 3.8) is 0 Å². The molecule has 106 valence electrons. The third kappa shape index (κ3) is 3.56. The molecule has 0 saturated carbocycles. The minimum atomic E-state index is -1.15. The van der Waals surface area contributed by atoms with Crippen LogP contribution in [0, 0.1) is 6.92 Å². The first-order chi connectivity index (χ1) is 8.59. The molecule has 0 bridgehead atoms. The van der Waals surface area contributed by atoms with Gasteiger partial charge in [-0.15, -0.1) is 0 Å². The molecule has 0 aromatic carbocycles. The van der Waals surface area contributed by atoms with Crippen LogP contribution in [-0.2, 0) is 22.1 Å². The van der Waals surface area contributed by atoms with Crippen LogP contribution in [0.2, 0.25) is 0 Å². The van der Waals surface area contributed by atoms with Gasteiger partial charge in [-0.1, -0.05) is 0 Å². The number of carbonyl (C=O) groups is 2. The second-order valence-corrected chi connectivity index (χ2v) is 5.71. The smallest absolute Gasteiger partial charge is 0.408 e. The number of hydrogen-bond acceptors (Lipinski definition) is 4. The summed E-state index contributed by atoms with van der Waals surface area (Å²) in [6.07, 6.45) is 1.62. The number of nitrogens with one attached hydrogen (secondary N) is 1. The van der Waals surface area contributed by atoms with Crippen LogP contribution in [0.15, 0.2) is 6.20 Å². The van der Waals surface area contributed by atoms with Crippen LogP contribution in [-0.4, -0.2) is 27.8 Å². The van der Waals surface area contributed by atoms with Gasteiger partial charge in [-0.2, -0.15) is 5.10 Å². The van der Waals surface area contributed by atoms with Gasteiger partial charge < -0.3 is 14.8 Å². The molecule has 0 fully saturated rings. The SMILES string of the molecule is Cc1c(C(C)(C=O)NC(=O)OC(C)(C)C)cnn1C. The highest BCUT2D eigenvalue weighted by Crippen LogP contribution is 2.22. The maximum atomic E-state index is 11.8. The van der Waals surface area contributed by atoms with Crippen molar-refractivity contribution in [1.82, 2.24) is 15.1 Å². The van der Waals surface area contributed by atoms with Gasteiger partial charge in [0.15, 0.2) is 0 Å². The van der Waals surface area contributed by atoms with E-state index >= 15 is 0 Å². The van der Waals surface area contributed by atoms with Crippen molar-refractivity contribution in [1.29, 1.82) is 0 Å². The fourth-order valence-corrected chi connectivity index (χ4v) is 1.68. The molecule has 0 saturated heterocycles. The first-order valence-electron chi connectivity index (χ1n) is 6.05. The van der Waals surface area contributed by atoms with Gasteiger partial charge in [0.25, 0.3) is 0 Å². The molecule has 19 heavy (non-hydrogen) atoms. The van der Waals surface area contributed by atoms with Crippen molar-refractivity contribution in [3.8, 4) is 0 Å². The van der Waals surface area contributed by atoms with Gasteiger partial charge in [0, 0.05) is 18.3 Å². The molecule has 1 atom stereocenters. The molecule has 1 aromatic heterocycles. The van der Waals surface area contributed by atoms with Gasteiger partial charge in [0.05, 0.1) is 6.20 Å². The predicted octanol–water partition coefficient (Wildman–Crippen LogP) is 1.67. The fourth-order valence-electron chi connectivity index (χ4n) is 1.68. The van der Waals surface area contributed by atoms with E-state index < -0.39 is 17.2 Å². The van der Waals surface area contributed by atoms with E-state index in [9.17, 15) is 9.59 Å². The summed E-state index contributed by atoms with van der Waals surface area (Å²) < 4.78 is 6.81. The number of aromatic nitrogens is 2. The number of nitrogens with zero attached hydrogens (tertiary/aromatic N) is 2. The molecule has 6 heteroatoms. The Balaban J connectivity index is 2.96. The summed E-state index contributed by atoms with van der Waals surface area (Å²) in [4.78, 5) is 23.2. The van der Waals surface area contributed by atoms with Crippen LogP contribution in [0.1, 0.15) is 39.0 Å². The van der Waals surface area contributed by atoms with Crippen LogP contribution in [0.5, 0.6) is 0 Å². The van der Waals surface area contributed by atoms with Crippen molar-refractivity contribution in [2.24, 2.45) is 7.05 Å². The first kappa shape index (κ1) is 15.2. The lowest BCUT2D eigenvalue weighted by Gasteiger charge is -2.27. The van der Waals surface area contributed by atoms with Crippen molar-refractivity contribution >= 4 is 12.4 Å². The highest BCUT2D eigenvalue weighted by Gasteiger charge is 2.33. The molecule has 0 aliphatic rings. The van der Waals surface area contributed by atoms with Crippen molar-refractivity contribution in [2.75, 3.05) is 0 Å². The van der Waals surface area contributed by atoms with E-state index in [-0.39, 0.29) is 0 Å². The number of aryl methyl sites for hydroxylation is 1. The minimum absolute atomic E-state index is 0.613. The number of amides is 1. The highest BCUT2D eigenvalue weighted by atomic mass is 16.6. The summed E-state index contributed by atoms with van der Waals surface area (Å²) in [5.41, 5.74) is -0.306. The molecule has 1 N–H and O–H groups in total. The van der Waals surface area contributed by atoms with Crippen LogP contribution >= 0.6 is 0 Å². The lowest BCUT2D eigenvalue weighted by atomic mass is 9.94. The van der Waals surface area contributed by atoms with Gasteiger partial charge in [0.2, 0.25) is 0 Å². The summed E-state index contributed by atoms with van der Waals surface area (Å²) in [5, 5.41) is 6.67. The number of aldehydes is 1. The molecule has 1 amide bonds. The van der Waals surface area contributed by atoms with Crippen LogP contribution in [0.4, 0.5) is 4.79 Å².